The van der Waals surface area contributed by atoms with Crippen molar-refractivity contribution in [2.24, 2.45) is 5.92 Å². The minimum atomic E-state index is -3.15. The summed E-state index contributed by atoms with van der Waals surface area (Å²) in [5, 5.41) is 22.4. The zero-order valence-corrected chi connectivity index (χ0v) is 31.6. The van der Waals surface area contributed by atoms with Crippen molar-refractivity contribution in [3.63, 3.8) is 0 Å². The van der Waals surface area contributed by atoms with Gasteiger partial charge in [-0.2, -0.15) is 0 Å². The maximum Gasteiger partial charge on any atom is 0.269 e. The van der Waals surface area contributed by atoms with Crippen molar-refractivity contribution in [2.75, 3.05) is 23.0 Å². The first-order chi connectivity index (χ1) is 25.3. The molecule has 3 aromatic rings. The summed E-state index contributed by atoms with van der Waals surface area (Å²) in [5.41, 5.74) is 1.97. The summed E-state index contributed by atoms with van der Waals surface area (Å²) in [6.07, 6.45) is 3.86. The second-order valence-electron chi connectivity index (χ2n) is 15.6. The SMILES string of the molecule is C[C@@H]1[C@@H]([Si](C)(C)O)[C@H](CC(=O)N2Cc3ccccc3C[C@H]2CO)O[C@@]12C(=O)N(Cc1cccc(N3CCCCCCC3=O)c1)c1ccc([N+](=O)[O-])cc12. The van der Waals surface area contributed by atoms with E-state index in [1.165, 1.54) is 12.1 Å². The number of anilines is 2. The van der Waals surface area contributed by atoms with Gasteiger partial charge in [-0.1, -0.05) is 56.2 Å². The number of aliphatic hydroxyl groups excluding tert-OH is 1. The molecule has 0 bridgehead atoms. The highest BCUT2D eigenvalue weighted by Crippen LogP contribution is 2.60. The molecule has 0 aliphatic carbocycles. The van der Waals surface area contributed by atoms with Crippen molar-refractivity contribution in [2.45, 2.75) is 101 Å². The van der Waals surface area contributed by atoms with E-state index in [2.05, 4.69) is 0 Å². The molecule has 4 aliphatic heterocycles. The summed E-state index contributed by atoms with van der Waals surface area (Å²) in [7, 11) is -3.15. The molecule has 13 heteroatoms. The highest BCUT2D eigenvalue weighted by molar-refractivity contribution is 6.71. The summed E-state index contributed by atoms with van der Waals surface area (Å²) < 4.78 is 6.86. The number of hydrogen-bond donors (Lipinski definition) is 2. The number of carbonyl (C=O) groups is 3. The average molecular weight is 741 g/mol. The van der Waals surface area contributed by atoms with Gasteiger partial charge >= 0.3 is 0 Å². The van der Waals surface area contributed by atoms with E-state index in [1.54, 1.807) is 29.0 Å². The number of benzene rings is 3. The van der Waals surface area contributed by atoms with Crippen molar-refractivity contribution in [3.8, 4) is 0 Å². The number of nitro benzene ring substituents is 1. The molecular weight excluding hydrogens is 693 g/mol. The van der Waals surface area contributed by atoms with Crippen molar-refractivity contribution in [1.29, 1.82) is 0 Å². The van der Waals surface area contributed by atoms with E-state index in [1.807, 2.05) is 60.4 Å². The minimum absolute atomic E-state index is 0.0744. The predicted molar refractivity (Wildman–Crippen MR) is 202 cm³/mol. The zero-order valence-electron chi connectivity index (χ0n) is 30.6. The standard InChI is InChI=1S/C40H48N4O8Si/c1-26-38(53(2,3)51)35(22-37(47)42-24-29-13-8-7-12-28(29)20-32(42)25-45)52-40(26)33-21-31(44(49)50)16-17-34(33)43(39(40)48)23-27-11-10-14-30(19-27)41-18-9-5-4-6-15-36(41)46/h7-8,10-14,16-17,19,21,26,32,35,38,45,51H,4-6,9,15,18,20,22-25H2,1-3H3/t26-,32+,35+,38-,40+/m1/s1. The number of nitrogens with zero attached hydrogens (tertiary/aromatic N) is 4. The van der Waals surface area contributed by atoms with Gasteiger partial charge < -0.3 is 29.3 Å². The second kappa shape index (κ2) is 14.4. The molecule has 3 amide bonds. The third-order valence-electron chi connectivity index (χ3n) is 11.8. The van der Waals surface area contributed by atoms with Gasteiger partial charge in [-0.3, -0.25) is 24.5 Å². The fourth-order valence-electron chi connectivity index (χ4n) is 9.31. The van der Waals surface area contributed by atoms with E-state index in [0.717, 1.165) is 48.1 Å². The lowest BCUT2D eigenvalue weighted by Crippen LogP contribution is -2.48. The average Bonchev–Trinajstić information content (AvgIpc) is 3.55. The molecule has 53 heavy (non-hydrogen) atoms. The number of non-ortho nitro benzene ring substituents is 1. The monoisotopic (exact) mass is 740 g/mol. The predicted octanol–water partition coefficient (Wildman–Crippen LogP) is 5.57. The Kier molecular flexibility index (Phi) is 10.0. The van der Waals surface area contributed by atoms with E-state index in [9.17, 15) is 29.6 Å². The van der Waals surface area contributed by atoms with Crippen molar-refractivity contribution < 1.29 is 33.9 Å². The van der Waals surface area contributed by atoms with Gasteiger partial charge in [-0.25, -0.2) is 0 Å². The summed E-state index contributed by atoms with van der Waals surface area (Å²) in [5.74, 6) is -1.23. The number of nitro groups is 1. The molecule has 2 N–H and O–H groups in total. The molecule has 5 atom stereocenters. The molecule has 280 valence electrons. The lowest BCUT2D eigenvalue weighted by atomic mass is 9.82. The number of ether oxygens (including phenoxy) is 1. The topological polar surface area (TPSA) is 154 Å². The van der Waals surface area contributed by atoms with Crippen molar-refractivity contribution in [1.82, 2.24) is 4.90 Å². The van der Waals surface area contributed by atoms with Gasteiger partial charge in [-0.15, -0.1) is 0 Å². The Hall–Kier alpha value is -4.43. The quantitative estimate of drug-likeness (QED) is 0.173. The molecule has 2 saturated heterocycles. The molecule has 1 spiro atoms. The Morgan fingerprint density at radius 2 is 1.77 bits per heavy atom. The van der Waals surface area contributed by atoms with Crippen LogP contribution in [0.15, 0.2) is 66.7 Å². The number of amides is 3. The van der Waals surface area contributed by atoms with Crippen LogP contribution in [0.2, 0.25) is 18.6 Å². The summed E-state index contributed by atoms with van der Waals surface area (Å²) in [4.78, 5) is 70.7. The van der Waals surface area contributed by atoms with Crippen LogP contribution in [0.3, 0.4) is 0 Å². The van der Waals surface area contributed by atoms with Gasteiger partial charge in [0.15, 0.2) is 13.9 Å². The van der Waals surface area contributed by atoms with Crippen LogP contribution in [0, 0.1) is 16.0 Å². The largest absolute Gasteiger partial charge is 0.432 e. The lowest BCUT2D eigenvalue weighted by molar-refractivity contribution is -0.385. The molecule has 3 aromatic carbocycles. The number of hydrogen-bond acceptors (Lipinski definition) is 8. The highest BCUT2D eigenvalue weighted by Gasteiger charge is 2.66. The van der Waals surface area contributed by atoms with E-state index >= 15 is 4.79 Å². The summed E-state index contributed by atoms with van der Waals surface area (Å²) in [6.45, 7) is 6.23. The molecule has 4 aliphatic rings. The molecule has 7 rings (SSSR count). The van der Waals surface area contributed by atoms with Gasteiger partial charge in [0, 0.05) is 54.4 Å². The molecule has 0 aromatic heterocycles. The van der Waals surface area contributed by atoms with E-state index in [4.69, 9.17) is 4.74 Å². The van der Waals surface area contributed by atoms with Crippen LogP contribution < -0.4 is 9.80 Å². The molecule has 0 radical (unpaired) electrons. The Balaban J connectivity index is 1.23. The van der Waals surface area contributed by atoms with Crippen LogP contribution in [0.25, 0.3) is 0 Å². The summed E-state index contributed by atoms with van der Waals surface area (Å²) in [6, 6.07) is 19.3. The van der Waals surface area contributed by atoms with E-state index in [0.29, 0.717) is 37.2 Å². The number of aliphatic hydroxyl groups is 1. The first-order valence-corrected chi connectivity index (χ1v) is 21.7. The third-order valence-corrected chi connectivity index (χ3v) is 14.3. The van der Waals surface area contributed by atoms with Crippen LogP contribution in [-0.4, -0.2) is 71.1 Å². The van der Waals surface area contributed by atoms with Crippen LogP contribution >= 0.6 is 0 Å². The van der Waals surface area contributed by atoms with Crippen molar-refractivity contribution in [3.05, 3.63) is 99.1 Å². The van der Waals surface area contributed by atoms with Gasteiger partial charge in [0.2, 0.25) is 11.8 Å². The minimum Gasteiger partial charge on any atom is -0.432 e. The van der Waals surface area contributed by atoms with Crippen LogP contribution in [0.5, 0.6) is 0 Å². The molecule has 0 unspecified atom stereocenters. The molecule has 2 fully saturated rings. The van der Waals surface area contributed by atoms with Crippen LogP contribution in [-0.2, 0) is 44.2 Å². The molecule has 4 heterocycles. The highest BCUT2D eigenvalue weighted by atomic mass is 28.4. The maximum absolute atomic E-state index is 15.0. The first kappa shape index (κ1) is 36.9. The number of carbonyl (C=O) groups excluding carboxylic acids is 3. The Morgan fingerprint density at radius 1 is 1.02 bits per heavy atom. The lowest BCUT2D eigenvalue weighted by Gasteiger charge is -2.37. The third kappa shape index (κ3) is 6.68. The zero-order chi connectivity index (χ0) is 37.7. The fraction of sp³-hybridized carbons (Fsp3) is 0.475. The summed E-state index contributed by atoms with van der Waals surface area (Å²) >= 11 is 0. The Labute approximate surface area is 310 Å². The van der Waals surface area contributed by atoms with E-state index < -0.39 is 48.4 Å². The van der Waals surface area contributed by atoms with Crippen molar-refractivity contribution >= 4 is 43.1 Å². The number of rotatable bonds is 8. The maximum atomic E-state index is 15.0. The second-order valence-corrected chi connectivity index (χ2v) is 19.6. The molecular formula is C40H48N4O8Si. The molecule has 0 saturated carbocycles. The Bertz CT molecular complexity index is 1930. The normalized spacial score (nSPS) is 26.0. The van der Waals surface area contributed by atoms with Crippen LogP contribution in [0.1, 0.15) is 67.7 Å². The molecule has 12 nitrogen and oxygen atoms in total. The van der Waals surface area contributed by atoms with Gasteiger partial charge in [0.25, 0.3) is 11.6 Å². The Morgan fingerprint density at radius 3 is 2.51 bits per heavy atom. The van der Waals surface area contributed by atoms with Gasteiger partial charge in [-0.05, 0) is 67.2 Å². The fourth-order valence-corrected chi connectivity index (χ4v) is 11.9. The van der Waals surface area contributed by atoms with Crippen LogP contribution in [0.4, 0.5) is 17.1 Å². The van der Waals surface area contributed by atoms with Gasteiger partial charge in [0.05, 0.1) is 42.3 Å². The van der Waals surface area contributed by atoms with Gasteiger partial charge in [0.1, 0.15) is 0 Å². The van der Waals surface area contributed by atoms with E-state index in [-0.39, 0.29) is 37.1 Å². The first-order valence-electron chi connectivity index (χ1n) is 18.7. The smallest absolute Gasteiger partial charge is 0.269 e. The number of fused-ring (bicyclic) bond motifs is 3.